The van der Waals surface area contributed by atoms with Gasteiger partial charge in [0.15, 0.2) is 0 Å². The molecule has 15 heavy (non-hydrogen) atoms. The first-order valence-corrected chi connectivity index (χ1v) is 5.41. The van der Waals surface area contributed by atoms with Crippen LogP contribution in [-0.2, 0) is 11.2 Å². The molecule has 0 heterocycles. The van der Waals surface area contributed by atoms with E-state index in [1.807, 2.05) is 12.1 Å². The zero-order valence-corrected chi connectivity index (χ0v) is 9.79. The van der Waals surface area contributed by atoms with Crippen molar-refractivity contribution in [2.45, 2.75) is 20.3 Å². The van der Waals surface area contributed by atoms with Crippen molar-refractivity contribution >= 4 is 22.9 Å². The highest BCUT2D eigenvalue weighted by atomic mass is 35.5. The second-order valence-corrected chi connectivity index (χ2v) is 4.35. The number of rotatable bonds is 4. The molecule has 0 saturated heterocycles. The van der Waals surface area contributed by atoms with Gasteiger partial charge in [-0.05, 0) is 29.5 Å². The highest BCUT2D eigenvalue weighted by Crippen LogP contribution is 2.19. The Balaban J connectivity index is 2.80. The summed E-state index contributed by atoms with van der Waals surface area (Å²) in [5.41, 5.74) is 2.18. The highest BCUT2D eigenvalue weighted by molar-refractivity contribution is 6.49. The van der Waals surface area contributed by atoms with Gasteiger partial charge in [-0.25, -0.2) is 0 Å². The summed E-state index contributed by atoms with van der Waals surface area (Å²) < 4.78 is 0. The molecule has 2 heteroatoms. The maximum atomic E-state index is 10.2. The molecule has 0 atom stereocenters. The van der Waals surface area contributed by atoms with Gasteiger partial charge in [-0.2, -0.15) is 0 Å². The van der Waals surface area contributed by atoms with Gasteiger partial charge in [0.25, 0.3) is 0 Å². The van der Waals surface area contributed by atoms with E-state index in [9.17, 15) is 4.79 Å². The summed E-state index contributed by atoms with van der Waals surface area (Å²) >= 11 is 5.89. The number of hydrogen-bond donors (Lipinski definition) is 0. The number of allylic oxidation sites excluding steroid dienone is 1. The number of benzene rings is 1. The summed E-state index contributed by atoms with van der Waals surface area (Å²) in [4.78, 5) is 10.2. The zero-order chi connectivity index (χ0) is 11.3. The standard InChI is InChI=1S/C13H15ClO/c1-10(2)9-11-3-5-12(6-4-11)13(14)7-8-15/h3-8,10H,9H2,1-2H3. The van der Waals surface area contributed by atoms with Crippen molar-refractivity contribution in [1.82, 2.24) is 0 Å². The lowest BCUT2D eigenvalue weighted by Crippen LogP contribution is -1.93. The Morgan fingerprint density at radius 2 is 1.93 bits per heavy atom. The van der Waals surface area contributed by atoms with Crippen molar-refractivity contribution in [1.29, 1.82) is 0 Å². The van der Waals surface area contributed by atoms with Crippen LogP contribution in [0.2, 0.25) is 0 Å². The van der Waals surface area contributed by atoms with Gasteiger partial charge in [0, 0.05) is 0 Å². The van der Waals surface area contributed by atoms with Crippen LogP contribution < -0.4 is 0 Å². The molecule has 0 aliphatic carbocycles. The fourth-order valence-corrected chi connectivity index (χ4v) is 1.60. The lowest BCUT2D eigenvalue weighted by Gasteiger charge is -2.05. The topological polar surface area (TPSA) is 17.1 Å². The Morgan fingerprint density at radius 3 is 2.40 bits per heavy atom. The van der Waals surface area contributed by atoms with Gasteiger partial charge < -0.3 is 0 Å². The Morgan fingerprint density at radius 1 is 1.33 bits per heavy atom. The molecule has 1 aromatic carbocycles. The molecule has 0 N–H and O–H groups in total. The maximum absolute atomic E-state index is 10.2. The first-order valence-electron chi connectivity index (χ1n) is 5.03. The molecule has 0 aliphatic rings. The number of carbonyl (C=O) groups excluding carboxylic acids is 1. The fourth-order valence-electron chi connectivity index (χ4n) is 1.43. The summed E-state index contributed by atoms with van der Waals surface area (Å²) in [6.45, 7) is 4.38. The van der Waals surface area contributed by atoms with Gasteiger partial charge in [0.2, 0.25) is 0 Å². The average Bonchev–Trinajstić information content (AvgIpc) is 2.18. The van der Waals surface area contributed by atoms with Crippen LogP contribution in [-0.4, -0.2) is 6.29 Å². The monoisotopic (exact) mass is 222 g/mol. The molecule has 80 valence electrons. The van der Waals surface area contributed by atoms with Crippen molar-refractivity contribution in [3.63, 3.8) is 0 Å². The number of hydrogen-bond acceptors (Lipinski definition) is 1. The maximum Gasteiger partial charge on any atom is 0.144 e. The molecule has 0 saturated carbocycles. The zero-order valence-electron chi connectivity index (χ0n) is 9.03. The number of halogens is 1. The summed E-state index contributed by atoms with van der Waals surface area (Å²) in [7, 11) is 0. The van der Waals surface area contributed by atoms with Crippen LogP contribution in [0.4, 0.5) is 0 Å². The second-order valence-electron chi connectivity index (χ2n) is 3.95. The van der Waals surface area contributed by atoms with E-state index in [0.717, 1.165) is 12.0 Å². The van der Waals surface area contributed by atoms with Gasteiger partial charge in [0.1, 0.15) is 6.29 Å². The van der Waals surface area contributed by atoms with Gasteiger partial charge >= 0.3 is 0 Å². The minimum absolute atomic E-state index is 0.487. The van der Waals surface area contributed by atoms with E-state index in [1.165, 1.54) is 11.6 Å². The molecule has 0 aromatic heterocycles. The normalized spacial score (nSPS) is 11.9. The third-order valence-corrected chi connectivity index (χ3v) is 2.43. The highest BCUT2D eigenvalue weighted by Gasteiger charge is 2.00. The van der Waals surface area contributed by atoms with Crippen molar-refractivity contribution in [2.24, 2.45) is 5.92 Å². The van der Waals surface area contributed by atoms with E-state index in [1.54, 1.807) is 0 Å². The first kappa shape index (κ1) is 12.0. The van der Waals surface area contributed by atoms with E-state index in [0.29, 0.717) is 17.2 Å². The van der Waals surface area contributed by atoms with E-state index in [4.69, 9.17) is 11.6 Å². The summed E-state index contributed by atoms with van der Waals surface area (Å²) in [5, 5.41) is 0.487. The average molecular weight is 223 g/mol. The van der Waals surface area contributed by atoms with E-state index in [-0.39, 0.29) is 0 Å². The lowest BCUT2D eigenvalue weighted by molar-refractivity contribution is -0.104. The van der Waals surface area contributed by atoms with Crippen LogP contribution in [0.25, 0.3) is 5.03 Å². The molecule has 0 unspecified atom stereocenters. The molecule has 0 amide bonds. The van der Waals surface area contributed by atoms with E-state index in [2.05, 4.69) is 26.0 Å². The number of carbonyl (C=O) groups is 1. The van der Waals surface area contributed by atoms with Crippen LogP contribution in [0.15, 0.2) is 30.3 Å². The molecule has 0 spiro atoms. The summed E-state index contributed by atoms with van der Waals surface area (Å²) in [6.07, 6.45) is 3.12. The van der Waals surface area contributed by atoms with E-state index < -0.39 is 0 Å². The minimum Gasteiger partial charge on any atom is -0.299 e. The van der Waals surface area contributed by atoms with Crippen LogP contribution >= 0.6 is 11.6 Å². The summed E-state index contributed by atoms with van der Waals surface area (Å²) in [5.74, 6) is 0.650. The largest absolute Gasteiger partial charge is 0.299 e. The predicted octanol–water partition coefficient (Wildman–Crippen LogP) is 3.66. The predicted molar refractivity (Wildman–Crippen MR) is 64.9 cm³/mol. The fraction of sp³-hybridized carbons (Fsp3) is 0.308. The SMILES string of the molecule is CC(C)Cc1ccc(C(Cl)=CC=O)cc1. The molecule has 0 aliphatic heterocycles. The van der Waals surface area contributed by atoms with Gasteiger partial charge in [-0.1, -0.05) is 49.7 Å². The van der Waals surface area contributed by atoms with Crippen LogP contribution in [0.1, 0.15) is 25.0 Å². The summed E-state index contributed by atoms with van der Waals surface area (Å²) in [6, 6.07) is 7.99. The quantitative estimate of drug-likeness (QED) is 0.561. The third kappa shape index (κ3) is 3.88. The molecule has 0 radical (unpaired) electrons. The second kappa shape index (κ2) is 5.72. The molecule has 1 aromatic rings. The number of aldehydes is 1. The minimum atomic E-state index is 0.487. The van der Waals surface area contributed by atoms with E-state index >= 15 is 0 Å². The molecule has 0 fully saturated rings. The first-order chi connectivity index (χ1) is 7.13. The Labute approximate surface area is 95.8 Å². The van der Waals surface area contributed by atoms with Crippen LogP contribution in [0, 0.1) is 5.92 Å². The van der Waals surface area contributed by atoms with Gasteiger partial charge in [-0.15, -0.1) is 0 Å². The molecule has 1 rings (SSSR count). The van der Waals surface area contributed by atoms with Crippen LogP contribution in [0.3, 0.4) is 0 Å². The third-order valence-electron chi connectivity index (χ3n) is 2.09. The molecule has 1 nitrogen and oxygen atoms in total. The Kier molecular flexibility index (Phi) is 4.57. The van der Waals surface area contributed by atoms with Crippen LogP contribution in [0.5, 0.6) is 0 Å². The van der Waals surface area contributed by atoms with Gasteiger partial charge in [-0.3, -0.25) is 4.79 Å². The van der Waals surface area contributed by atoms with Crippen molar-refractivity contribution in [3.05, 3.63) is 41.5 Å². The van der Waals surface area contributed by atoms with Crippen molar-refractivity contribution < 1.29 is 4.79 Å². The Hall–Kier alpha value is -1.08. The molecule has 0 bridgehead atoms. The smallest absolute Gasteiger partial charge is 0.144 e. The van der Waals surface area contributed by atoms with Crippen molar-refractivity contribution in [2.75, 3.05) is 0 Å². The molecular weight excluding hydrogens is 208 g/mol. The Bertz CT molecular complexity index is 349. The van der Waals surface area contributed by atoms with Gasteiger partial charge in [0.05, 0.1) is 5.03 Å². The lowest BCUT2D eigenvalue weighted by atomic mass is 10.0. The van der Waals surface area contributed by atoms with Crippen molar-refractivity contribution in [3.8, 4) is 0 Å². The molecular formula is C13H15ClO.